The summed E-state index contributed by atoms with van der Waals surface area (Å²) < 4.78 is 0. The summed E-state index contributed by atoms with van der Waals surface area (Å²) in [6.45, 7) is 6.35. The smallest absolute Gasteiger partial charge is 0.326 e. The van der Waals surface area contributed by atoms with Crippen LogP contribution in [0.15, 0.2) is 0 Å². The van der Waals surface area contributed by atoms with Gasteiger partial charge >= 0.3 is 5.97 Å². The maximum Gasteiger partial charge on any atom is 0.326 e. The van der Waals surface area contributed by atoms with Gasteiger partial charge in [0.25, 0.3) is 0 Å². The molecule has 0 fully saturated rings. The number of carboxylic acid groups (broad SMARTS) is 1. The van der Waals surface area contributed by atoms with Crippen molar-refractivity contribution in [2.75, 3.05) is 0 Å². The number of carboxylic acids is 1. The van der Waals surface area contributed by atoms with E-state index in [1.165, 1.54) is 6.92 Å². The molecule has 2 N–H and O–H groups in total. The molecule has 0 rings (SSSR count). The van der Waals surface area contributed by atoms with Crippen molar-refractivity contribution in [1.29, 1.82) is 0 Å². The molecule has 1 unspecified atom stereocenters. The van der Waals surface area contributed by atoms with Gasteiger partial charge in [-0.1, -0.05) is 20.8 Å². The number of carbonyl (C=O) groups excluding carboxylic acids is 2. The molecular weight excluding hydrogens is 198 g/mol. The van der Waals surface area contributed by atoms with Gasteiger partial charge in [-0.05, 0) is 0 Å². The molecule has 0 aromatic rings. The van der Waals surface area contributed by atoms with E-state index >= 15 is 0 Å². The fraction of sp³-hybridized carbons (Fsp3) is 0.700. The molecule has 0 aliphatic rings. The van der Waals surface area contributed by atoms with Crippen LogP contribution in [-0.2, 0) is 14.4 Å². The Hall–Kier alpha value is -1.39. The number of Topliss-reactive ketones (excluding diaryl/α,β-unsaturated/α-hetero) is 1. The van der Waals surface area contributed by atoms with Gasteiger partial charge in [-0.15, -0.1) is 0 Å². The normalized spacial score (nSPS) is 13.1. The Morgan fingerprint density at radius 3 is 2.00 bits per heavy atom. The van der Waals surface area contributed by atoms with E-state index in [1.54, 1.807) is 20.8 Å². The van der Waals surface area contributed by atoms with Crippen molar-refractivity contribution in [1.82, 2.24) is 5.32 Å². The first-order valence-corrected chi connectivity index (χ1v) is 4.68. The Morgan fingerprint density at radius 2 is 1.73 bits per heavy atom. The van der Waals surface area contributed by atoms with Crippen LogP contribution in [-0.4, -0.2) is 28.8 Å². The van der Waals surface area contributed by atoms with Crippen LogP contribution in [0.1, 0.15) is 34.1 Å². The lowest BCUT2D eigenvalue weighted by Gasteiger charge is -2.20. The van der Waals surface area contributed by atoms with E-state index in [4.69, 9.17) is 5.11 Å². The summed E-state index contributed by atoms with van der Waals surface area (Å²) in [5, 5.41) is 11.0. The second kappa shape index (κ2) is 4.91. The standard InChI is InChI=1S/C10H17NO4/c1-6(12)11-7(9(14)15)5-8(13)10(2,3)4/h7H,5H2,1-4H3,(H,11,12)(H,14,15). The number of amides is 1. The zero-order valence-corrected chi connectivity index (χ0v) is 9.46. The van der Waals surface area contributed by atoms with Gasteiger partial charge in [-0.3, -0.25) is 9.59 Å². The zero-order chi connectivity index (χ0) is 12.2. The van der Waals surface area contributed by atoms with Gasteiger partial charge in [0.05, 0.1) is 0 Å². The van der Waals surface area contributed by atoms with Gasteiger partial charge < -0.3 is 10.4 Å². The summed E-state index contributed by atoms with van der Waals surface area (Å²) in [5.74, 6) is -1.84. The molecule has 5 heteroatoms. The minimum atomic E-state index is -1.19. The van der Waals surface area contributed by atoms with Crippen LogP contribution in [0.2, 0.25) is 0 Å². The van der Waals surface area contributed by atoms with Crippen molar-refractivity contribution >= 4 is 17.7 Å². The molecule has 0 radical (unpaired) electrons. The first-order valence-electron chi connectivity index (χ1n) is 4.68. The van der Waals surface area contributed by atoms with Gasteiger partial charge in [0.1, 0.15) is 11.8 Å². The molecule has 0 spiro atoms. The maximum atomic E-state index is 11.5. The Bertz CT molecular complexity index is 278. The first-order chi connectivity index (χ1) is 6.64. The van der Waals surface area contributed by atoms with E-state index in [9.17, 15) is 14.4 Å². The molecular formula is C10H17NO4. The Kier molecular flexibility index (Phi) is 4.45. The van der Waals surface area contributed by atoms with Crippen molar-refractivity contribution in [2.45, 2.75) is 40.2 Å². The lowest BCUT2D eigenvalue weighted by atomic mass is 9.87. The third-order valence-corrected chi connectivity index (χ3v) is 1.90. The van der Waals surface area contributed by atoms with Crippen LogP contribution < -0.4 is 5.32 Å². The number of nitrogens with one attached hydrogen (secondary N) is 1. The highest BCUT2D eigenvalue weighted by molar-refractivity contribution is 5.91. The highest BCUT2D eigenvalue weighted by Gasteiger charge is 2.28. The minimum Gasteiger partial charge on any atom is -0.480 e. The molecule has 0 aliphatic heterocycles. The lowest BCUT2D eigenvalue weighted by Crippen LogP contribution is -2.42. The second-order valence-corrected chi connectivity index (χ2v) is 4.47. The Balaban J connectivity index is 4.50. The molecule has 0 saturated carbocycles. The number of hydrogen-bond donors (Lipinski definition) is 2. The van der Waals surface area contributed by atoms with Crippen LogP contribution in [0.4, 0.5) is 0 Å². The average molecular weight is 215 g/mol. The SMILES string of the molecule is CC(=O)NC(CC(=O)C(C)(C)C)C(=O)O. The van der Waals surface area contributed by atoms with E-state index in [0.717, 1.165) is 0 Å². The quantitative estimate of drug-likeness (QED) is 0.718. The summed E-state index contributed by atoms with van der Waals surface area (Å²) in [6, 6.07) is -1.13. The average Bonchev–Trinajstić information content (AvgIpc) is 1.99. The fourth-order valence-corrected chi connectivity index (χ4v) is 0.937. The van der Waals surface area contributed by atoms with Gasteiger partial charge in [0.2, 0.25) is 5.91 Å². The molecule has 0 aromatic carbocycles. The van der Waals surface area contributed by atoms with Crippen molar-refractivity contribution < 1.29 is 19.5 Å². The summed E-state index contributed by atoms with van der Waals surface area (Å²) in [7, 11) is 0. The van der Waals surface area contributed by atoms with E-state index in [2.05, 4.69) is 5.32 Å². The maximum absolute atomic E-state index is 11.5. The van der Waals surface area contributed by atoms with Crippen LogP contribution in [0, 0.1) is 5.41 Å². The monoisotopic (exact) mass is 215 g/mol. The predicted octanol–water partition coefficient (Wildman–Crippen LogP) is 0.581. The van der Waals surface area contributed by atoms with E-state index in [1.807, 2.05) is 0 Å². The summed E-state index contributed by atoms with van der Waals surface area (Å²) in [4.78, 5) is 33.0. The third-order valence-electron chi connectivity index (χ3n) is 1.90. The zero-order valence-electron chi connectivity index (χ0n) is 9.46. The summed E-state index contributed by atoms with van der Waals surface area (Å²) in [6.07, 6.45) is -0.182. The molecule has 1 atom stereocenters. The van der Waals surface area contributed by atoms with Crippen molar-refractivity contribution in [3.05, 3.63) is 0 Å². The van der Waals surface area contributed by atoms with Crippen molar-refractivity contribution in [3.63, 3.8) is 0 Å². The molecule has 1 amide bonds. The molecule has 0 bridgehead atoms. The predicted molar refractivity (Wildman–Crippen MR) is 54.3 cm³/mol. The largest absolute Gasteiger partial charge is 0.480 e. The van der Waals surface area contributed by atoms with E-state index < -0.39 is 23.3 Å². The van der Waals surface area contributed by atoms with Crippen LogP contribution in [0.3, 0.4) is 0 Å². The molecule has 5 nitrogen and oxygen atoms in total. The molecule has 0 heterocycles. The van der Waals surface area contributed by atoms with Gasteiger partial charge in [0, 0.05) is 18.8 Å². The van der Waals surface area contributed by atoms with Crippen LogP contribution in [0.25, 0.3) is 0 Å². The topological polar surface area (TPSA) is 83.5 Å². The van der Waals surface area contributed by atoms with E-state index in [-0.39, 0.29) is 12.2 Å². The minimum absolute atomic E-state index is 0.182. The van der Waals surface area contributed by atoms with E-state index in [0.29, 0.717) is 0 Å². The van der Waals surface area contributed by atoms with Crippen LogP contribution in [0.5, 0.6) is 0 Å². The van der Waals surface area contributed by atoms with Gasteiger partial charge in [0.15, 0.2) is 0 Å². The summed E-state index contributed by atoms with van der Waals surface area (Å²) in [5.41, 5.74) is -0.591. The highest BCUT2D eigenvalue weighted by atomic mass is 16.4. The van der Waals surface area contributed by atoms with Gasteiger partial charge in [-0.2, -0.15) is 0 Å². The Labute approximate surface area is 88.9 Å². The second-order valence-electron chi connectivity index (χ2n) is 4.47. The Morgan fingerprint density at radius 1 is 1.27 bits per heavy atom. The molecule has 0 saturated heterocycles. The number of rotatable bonds is 4. The number of hydrogen-bond acceptors (Lipinski definition) is 3. The molecule has 86 valence electrons. The summed E-state index contributed by atoms with van der Waals surface area (Å²) >= 11 is 0. The first kappa shape index (κ1) is 13.6. The molecule has 15 heavy (non-hydrogen) atoms. The number of aliphatic carboxylic acids is 1. The fourth-order valence-electron chi connectivity index (χ4n) is 0.937. The molecule has 0 aromatic heterocycles. The van der Waals surface area contributed by atoms with Crippen molar-refractivity contribution in [3.8, 4) is 0 Å². The number of ketones is 1. The van der Waals surface area contributed by atoms with Crippen molar-refractivity contribution in [2.24, 2.45) is 5.41 Å². The van der Waals surface area contributed by atoms with Crippen LogP contribution >= 0.6 is 0 Å². The highest BCUT2D eigenvalue weighted by Crippen LogP contribution is 2.17. The third kappa shape index (κ3) is 5.15. The lowest BCUT2D eigenvalue weighted by molar-refractivity contribution is -0.144. The van der Waals surface area contributed by atoms with Gasteiger partial charge in [-0.25, -0.2) is 4.79 Å². The molecule has 0 aliphatic carbocycles. The number of carbonyl (C=O) groups is 3.